The number of piperidine rings is 1. The zero-order chi connectivity index (χ0) is 29.0. The first kappa shape index (κ1) is 28.6. The van der Waals surface area contributed by atoms with Gasteiger partial charge in [0.2, 0.25) is 15.9 Å². The molecule has 216 valence electrons. The second-order valence-corrected chi connectivity index (χ2v) is 12.0. The fourth-order valence-corrected chi connectivity index (χ4v) is 6.93. The molecule has 2 aliphatic rings. The van der Waals surface area contributed by atoms with Gasteiger partial charge in [-0.3, -0.25) is 9.59 Å². The normalized spacial score (nSPS) is 19.1. The van der Waals surface area contributed by atoms with Gasteiger partial charge in [0, 0.05) is 19.6 Å². The summed E-state index contributed by atoms with van der Waals surface area (Å²) < 4.78 is 53.3. The Labute approximate surface area is 238 Å². The Balaban J connectivity index is 1.31. The van der Waals surface area contributed by atoms with Gasteiger partial charge in [-0.25, -0.2) is 12.8 Å². The monoisotopic (exact) mass is 581 g/mol. The van der Waals surface area contributed by atoms with Crippen molar-refractivity contribution in [2.75, 3.05) is 38.2 Å². The van der Waals surface area contributed by atoms with Crippen molar-refractivity contribution in [3.8, 4) is 11.5 Å². The first-order valence-corrected chi connectivity index (χ1v) is 14.9. The average Bonchev–Trinajstić information content (AvgIpc) is 3.00. The van der Waals surface area contributed by atoms with E-state index in [0.29, 0.717) is 37.2 Å². The smallest absolute Gasteiger partial charge is 0.262 e. The van der Waals surface area contributed by atoms with Gasteiger partial charge in [-0.05, 0) is 55.2 Å². The Hall–Kier alpha value is -3.96. The first-order chi connectivity index (χ1) is 19.8. The molecule has 41 heavy (non-hydrogen) atoms. The maximum Gasteiger partial charge on any atom is 0.262 e. The van der Waals surface area contributed by atoms with Crippen LogP contribution in [0.2, 0.25) is 0 Å². The first-order valence-electron chi connectivity index (χ1n) is 13.5. The topological polar surface area (TPSA) is 105 Å². The zero-order valence-corrected chi connectivity index (χ0v) is 23.5. The number of fused-ring (bicyclic) bond motifs is 1. The van der Waals surface area contributed by atoms with Gasteiger partial charge in [0.05, 0.1) is 25.3 Å². The van der Waals surface area contributed by atoms with Crippen LogP contribution in [-0.2, 0) is 26.0 Å². The molecule has 0 saturated carbocycles. The molecule has 0 unspecified atom stereocenters. The van der Waals surface area contributed by atoms with Gasteiger partial charge in [-0.2, -0.15) is 4.31 Å². The fraction of sp³-hybridized carbons (Fsp3) is 0.333. The molecule has 1 saturated heterocycles. The van der Waals surface area contributed by atoms with E-state index < -0.39 is 27.9 Å². The molecule has 2 atom stereocenters. The predicted octanol–water partition coefficient (Wildman–Crippen LogP) is 3.39. The number of ether oxygens (including phenoxy) is 2. The van der Waals surface area contributed by atoms with Crippen molar-refractivity contribution in [1.82, 2.24) is 9.62 Å². The molecule has 0 radical (unpaired) electrons. The van der Waals surface area contributed by atoms with Crippen LogP contribution in [0, 0.1) is 11.7 Å². The molecule has 5 rings (SSSR count). The number of carbonyl (C=O) groups excluding carboxylic acids is 2. The summed E-state index contributed by atoms with van der Waals surface area (Å²) >= 11 is 0. The van der Waals surface area contributed by atoms with E-state index >= 15 is 0 Å². The molecule has 3 aromatic carbocycles. The van der Waals surface area contributed by atoms with Gasteiger partial charge in [0.15, 0.2) is 6.10 Å². The Morgan fingerprint density at radius 1 is 1.05 bits per heavy atom. The molecule has 1 N–H and O–H groups in total. The van der Waals surface area contributed by atoms with E-state index in [1.165, 1.54) is 22.4 Å². The van der Waals surface area contributed by atoms with Crippen LogP contribution in [0.1, 0.15) is 18.4 Å². The third-order valence-corrected chi connectivity index (χ3v) is 9.25. The Morgan fingerprint density at radius 2 is 1.80 bits per heavy atom. The van der Waals surface area contributed by atoms with Crippen molar-refractivity contribution < 1.29 is 31.9 Å². The van der Waals surface area contributed by atoms with Crippen LogP contribution >= 0.6 is 0 Å². The van der Waals surface area contributed by atoms with E-state index in [-0.39, 0.29) is 42.1 Å². The summed E-state index contributed by atoms with van der Waals surface area (Å²) in [4.78, 5) is 28.2. The molecule has 0 bridgehead atoms. The second-order valence-electron chi connectivity index (χ2n) is 10.0. The van der Waals surface area contributed by atoms with E-state index in [4.69, 9.17) is 9.47 Å². The molecule has 3 aromatic rings. The number of methoxy groups -OCH3 is 1. The number of amides is 2. The van der Waals surface area contributed by atoms with Crippen molar-refractivity contribution >= 4 is 27.5 Å². The second kappa shape index (κ2) is 12.3. The van der Waals surface area contributed by atoms with Crippen molar-refractivity contribution in [2.45, 2.75) is 30.3 Å². The third-order valence-electron chi connectivity index (χ3n) is 7.36. The summed E-state index contributed by atoms with van der Waals surface area (Å²) in [6.45, 7) is 0.525. The molecule has 1 fully saturated rings. The number of rotatable bonds is 8. The average molecular weight is 582 g/mol. The number of carbonyl (C=O) groups is 2. The minimum atomic E-state index is -4.13. The number of para-hydroxylation sites is 2. The van der Waals surface area contributed by atoms with Gasteiger partial charge < -0.3 is 19.7 Å². The van der Waals surface area contributed by atoms with Crippen LogP contribution in [0.5, 0.6) is 11.5 Å². The number of halogens is 1. The highest BCUT2D eigenvalue weighted by Gasteiger charge is 2.40. The lowest BCUT2D eigenvalue weighted by molar-refractivity contribution is -0.129. The summed E-state index contributed by atoms with van der Waals surface area (Å²) in [5.74, 6) is -1.56. The molecule has 11 heteroatoms. The van der Waals surface area contributed by atoms with Crippen molar-refractivity contribution in [2.24, 2.45) is 5.92 Å². The van der Waals surface area contributed by atoms with E-state index in [1.54, 1.807) is 24.3 Å². The molecular weight excluding hydrogens is 549 g/mol. The Kier molecular flexibility index (Phi) is 8.55. The molecule has 0 aliphatic carbocycles. The summed E-state index contributed by atoms with van der Waals surface area (Å²) in [7, 11) is -2.82. The summed E-state index contributed by atoms with van der Waals surface area (Å²) in [6, 6.07) is 20.1. The lowest BCUT2D eigenvalue weighted by Crippen LogP contribution is -2.54. The highest BCUT2D eigenvalue weighted by molar-refractivity contribution is 7.89. The summed E-state index contributed by atoms with van der Waals surface area (Å²) in [6.07, 6.45) is 0.645. The number of nitrogens with one attached hydrogen (secondary N) is 1. The predicted molar refractivity (Wildman–Crippen MR) is 151 cm³/mol. The molecule has 2 aliphatic heterocycles. The van der Waals surface area contributed by atoms with Crippen LogP contribution in [-0.4, -0.2) is 63.9 Å². The van der Waals surface area contributed by atoms with Crippen molar-refractivity contribution in [1.29, 1.82) is 0 Å². The van der Waals surface area contributed by atoms with Crippen molar-refractivity contribution in [3.63, 3.8) is 0 Å². The standard InChI is InChI=1S/C30H32FN3O6S/c1-39-26-14-13-23(31)18-28(26)41(37,38)33-17-7-10-22(19-33)30(36)34-20-27(40-25-12-6-5-11-24(25)34)29(35)32-16-15-21-8-3-2-4-9-21/h2-6,8-9,11-14,18,22,27H,7,10,15-17,19-20H2,1H3,(H,32,35)/t22-,27+/m0/s1. The van der Waals surface area contributed by atoms with Crippen LogP contribution in [0.25, 0.3) is 0 Å². The maximum atomic E-state index is 14.0. The molecule has 2 amide bonds. The molecule has 0 aromatic heterocycles. The number of nitrogens with zero attached hydrogens (tertiary/aromatic N) is 2. The van der Waals surface area contributed by atoms with Crippen LogP contribution in [0.3, 0.4) is 0 Å². The summed E-state index contributed by atoms with van der Waals surface area (Å²) in [5, 5.41) is 2.90. The lowest BCUT2D eigenvalue weighted by Gasteiger charge is -2.38. The maximum absolute atomic E-state index is 14.0. The van der Waals surface area contributed by atoms with Crippen molar-refractivity contribution in [3.05, 3.63) is 84.2 Å². The summed E-state index contributed by atoms with van der Waals surface area (Å²) in [5.41, 5.74) is 1.62. The van der Waals surface area contributed by atoms with Gasteiger partial charge >= 0.3 is 0 Å². The quantitative estimate of drug-likeness (QED) is 0.437. The molecule has 2 heterocycles. The number of hydrogen-bond donors (Lipinski definition) is 1. The number of sulfonamides is 1. The van der Waals surface area contributed by atoms with Gasteiger partial charge in [0.1, 0.15) is 22.2 Å². The largest absolute Gasteiger partial charge is 0.495 e. The molecular formula is C30H32FN3O6S. The Morgan fingerprint density at radius 3 is 2.59 bits per heavy atom. The Bertz CT molecular complexity index is 1520. The van der Waals surface area contributed by atoms with E-state index in [2.05, 4.69) is 5.32 Å². The minimum absolute atomic E-state index is 0.00597. The number of benzene rings is 3. The van der Waals surface area contributed by atoms with Gasteiger partial charge in [-0.1, -0.05) is 42.5 Å². The van der Waals surface area contributed by atoms with Crippen LogP contribution in [0.4, 0.5) is 10.1 Å². The highest BCUT2D eigenvalue weighted by Crippen LogP contribution is 2.36. The number of anilines is 1. The highest BCUT2D eigenvalue weighted by atomic mass is 32.2. The molecule has 0 spiro atoms. The van der Waals surface area contributed by atoms with E-state index in [0.717, 1.165) is 17.7 Å². The van der Waals surface area contributed by atoms with E-state index in [1.807, 2.05) is 30.3 Å². The third kappa shape index (κ3) is 6.20. The minimum Gasteiger partial charge on any atom is -0.495 e. The number of hydrogen-bond acceptors (Lipinski definition) is 6. The van der Waals surface area contributed by atoms with Crippen LogP contribution < -0.4 is 19.7 Å². The van der Waals surface area contributed by atoms with Gasteiger partial charge in [0.25, 0.3) is 5.91 Å². The molecule has 9 nitrogen and oxygen atoms in total. The van der Waals surface area contributed by atoms with Crippen LogP contribution in [0.15, 0.2) is 77.7 Å². The van der Waals surface area contributed by atoms with E-state index in [9.17, 15) is 22.4 Å². The fourth-order valence-electron chi connectivity index (χ4n) is 5.24. The van der Waals surface area contributed by atoms with Gasteiger partial charge in [-0.15, -0.1) is 0 Å². The SMILES string of the molecule is COc1ccc(F)cc1S(=O)(=O)N1CCC[C@H](C(=O)N2C[C@H](C(=O)NCCc3ccccc3)Oc3ccccc32)C1. The zero-order valence-electron chi connectivity index (χ0n) is 22.7. The lowest BCUT2D eigenvalue weighted by atomic mass is 9.97.